The van der Waals surface area contributed by atoms with Crippen LogP contribution in [0.25, 0.3) is 0 Å². The van der Waals surface area contributed by atoms with Gasteiger partial charge in [0.25, 0.3) is 0 Å². The van der Waals surface area contributed by atoms with Gasteiger partial charge in [0.1, 0.15) is 5.84 Å². The summed E-state index contributed by atoms with van der Waals surface area (Å²) in [6.45, 7) is 4.29. The number of hydrogen-bond donors (Lipinski definition) is 2. The van der Waals surface area contributed by atoms with Crippen LogP contribution in [-0.4, -0.2) is 36.1 Å². The van der Waals surface area contributed by atoms with E-state index in [1.807, 2.05) is 0 Å². The van der Waals surface area contributed by atoms with Crippen LogP contribution in [0.1, 0.15) is 19.8 Å². The molecule has 13 heavy (non-hydrogen) atoms. The van der Waals surface area contributed by atoms with Gasteiger partial charge in [0.05, 0.1) is 0 Å². The molecule has 0 saturated heterocycles. The molecular weight excluding hydrogens is 166 g/mol. The Labute approximate surface area is 79.4 Å². The minimum atomic E-state index is 0.315. The van der Waals surface area contributed by atoms with E-state index in [1.165, 1.54) is 6.42 Å². The van der Waals surface area contributed by atoms with Gasteiger partial charge in [-0.25, -0.2) is 0 Å². The number of oxime groups is 1. The standard InChI is InChI=1S/C9H19N3O/c1-7-5-8(7)6-12(2)4-3-9(10)11-13/h7-8,13H,3-6H2,1-2H3,(H2,10,11). The zero-order chi connectivity index (χ0) is 9.84. The molecule has 0 spiro atoms. The first kappa shape index (κ1) is 10.3. The summed E-state index contributed by atoms with van der Waals surface area (Å²) in [5, 5.41) is 11.3. The summed E-state index contributed by atoms with van der Waals surface area (Å²) in [4.78, 5) is 2.24. The Bertz CT molecular complexity index is 193. The van der Waals surface area contributed by atoms with Crippen molar-refractivity contribution in [1.82, 2.24) is 4.90 Å². The zero-order valence-electron chi connectivity index (χ0n) is 8.40. The lowest BCUT2D eigenvalue weighted by Crippen LogP contribution is -2.26. The van der Waals surface area contributed by atoms with E-state index in [-0.39, 0.29) is 0 Å². The number of amidine groups is 1. The first-order valence-electron chi connectivity index (χ1n) is 4.78. The fourth-order valence-electron chi connectivity index (χ4n) is 1.50. The zero-order valence-corrected chi connectivity index (χ0v) is 8.40. The smallest absolute Gasteiger partial charge is 0.140 e. The van der Waals surface area contributed by atoms with Crippen LogP contribution in [0.3, 0.4) is 0 Å². The van der Waals surface area contributed by atoms with E-state index >= 15 is 0 Å². The summed E-state index contributed by atoms with van der Waals surface area (Å²) in [7, 11) is 2.08. The molecule has 4 nitrogen and oxygen atoms in total. The lowest BCUT2D eigenvalue weighted by atomic mass is 10.3. The summed E-state index contributed by atoms with van der Waals surface area (Å²) in [6, 6.07) is 0. The molecule has 1 fully saturated rings. The van der Waals surface area contributed by atoms with Gasteiger partial charge in [-0.15, -0.1) is 0 Å². The molecule has 0 aliphatic heterocycles. The Kier molecular flexibility index (Phi) is 3.54. The molecule has 1 saturated carbocycles. The molecule has 1 aliphatic carbocycles. The first-order chi connectivity index (χ1) is 6.13. The summed E-state index contributed by atoms with van der Waals surface area (Å²) in [5.74, 6) is 2.08. The van der Waals surface area contributed by atoms with Crippen LogP contribution in [0.5, 0.6) is 0 Å². The predicted octanol–water partition coefficient (Wildman–Crippen LogP) is 0.711. The third-order valence-corrected chi connectivity index (χ3v) is 2.70. The average Bonchev–Trinajstić information content (AvgIpc) is 2.77. The summed E-state index contributed by atoms with van der Waals surface area (Å²) < 4.78 is 0. The van der Waals surface area contributed by atoms with Gasteiger partial charge in [-0.3, -0.25) is 0 Å². The Hall–Kier alpha value is -0.770. The minimum absolute atomic E-state index is 0.315. The Balaban J connectivity index is 2.07. The van der Waals surface area contributed by atoms with Gasteiger partial charge in [0.2, 0.25) is 0 Å². The molecular formula is C9H19N3O. The maximum absolute atomic E-state index is 8.33. The van der Waals surface area contributed by atoms with Gasteiger partial charge in [-0.1, -0.05) is 12.1 Å². The van der Waals surface area contributed by atoms with E-state index in [0.29, 0.717) is 12.3 Å². The minimum Gasteiger partial charge on any atom is -0.409 e. The molecule has 76 valence electrons. The van der Waals surface area contributed by atoms with E-state index < -0.39 is 0 Å². The van der Waals surface area contributed by atoms with Crippen molar-refractivity contribution < 1.29 is 5.21 Å². The van der Waals surface area contributed by atoms with E-state index in [9.17, 15) is 0 Å². The van der Waals surface area contributed by atoms with Gasteiger partial charge in [0, 0.05) is 19.5 Å². The average molecular weight is 185 g/mol. The maximum Gasteiger partial charge on any atom is 0.140 e. The predicted molar refractivity (Wildman–Crippen MR) is 52.8 cm³/mol. The van der Waals surface area contributed by atoms with Crippen molar-refractivity contribution in [1.29, 1.82) is 0 Å². The van der Waals surface area contributed by atoms with Crippen LogP contribution in [0.15, 0.2) is 5.16 Å². The van der Waals surface area contributed by atoms with Crippen LogP contribution in [-0.2, 0) is 0 Å². The third-order valence-electron chi connectivity index (χ3n) is 2.70. The highest BCUT2D eigenvalue weighted by Gasteiger charge is 2.32. The van der Waals surface area contributed by atoms with Crippen molar-refractivity contribution in [2.45, 2.75) is 19.8 Å². The Morgan fingerprint density at radius 3 is 2.77 bits per heavy atom. The van der Waals surface area contributed by atoms with E-state index in [2.05, 4.69) is 24.0 Å². The number of hydrogen-bond acceptors (Lipinski definition) is 3. The van der Waals surface area contributed by atoms with Gasteiger partial charge in [0.15, 0.2) is 0 Å². The molecule has 4 heteroatoms. The highest BCUT2D eigenvalue weighted by molar-refractivity contribution is 5.79. The highest BCUT2D eigenvalue weighted by Crippen LogP contribution is 2.37. The van der Waals surface area contributed by atoms with Crippen molar-refractivity contribution in [2.24, 2.45) is 22.7 Å². The van der Waals surface area contributed by atoms with Crippen LogP contribution in [0.2, 0.25) is 0 Å². The normalized spacial score (nSPS) is 28.1. The summed E-state index contributed by atoms with van der Waals surface area (Å²) >= 11 is 0. The van der Waals surface area contributed by atoms with Crippen molar-refractivity contribution in [3.8, 4) is 0 Å². The number of rotatable bonds is 5. The second-order valence-electron chi connectivity index (χ2n) is 4.08. The summed E-state index contributed by atoms with van der Waals surface area (Å²) in [6.07, 6.45) is 2.00. The topological polar surface area (TPSA) is 61.8 Å². The molecule has 0 bridgehead atoms. The lowest BCUT2D eigenvalue weighted by Gasteiger charge is -2.15. The summed E-state index contributed by atoms with van der Waals surface area (Å²) in [5.41, 5.74) is 5.37. The largest absolute Gasteiger partial charge is 0.409 e. The number of nitrogens with two attached hydrogens (primary N) is 1. The second kappa shape index (κ2) is 4.46. The fraction of sp³-hybridized carbons (Fsp3) is 0.889. The van der Waals surface area contributed by atoms with Gasteiger partial charge >= 0.3 is 0 Å². The molecule has 2 atom stereocenters. The fourth-order valence-corrected chi connectivity index (χ4v) is 1.50. The van der Waals surface area contributed by atoms with Gasteiger partial charge in [-0.05, 0) is 25.3 Å². The van der Waals surface area contributed by atoms with Crippen LogP contribution < -0.4 is 5.73 Å². The molecule has 2 unspecified atom stereocenters. The van der Waals surface area contributed by atoms with Gasteiger partial charge < -0.3 is 15.8 Å². The maximum atomic E-state index is 8.33. The molecule has 0 aromatic rings. The molecule has 1 aliphatic rings. The monoisotopic (exact) mass is 185 g/mol. The quantitative estimate of drug-likeness (QED) is 0.287. The van der Waals surface area contributed by atoms with Gasteiger partial charge in [-0.2, -0.15) is 0 Å². The third kappa shape index (κ3) is 3.63. The second-order valence-corrected chi connectivity index (χ2v) is 4.08. The van der Waals surface area contributed by atoms with Crippen LogP contribution in [0, 0.1) is 11.8 Å². The van der Waals surface area contributed by atoms with Crippen molar-refractivity contribution in [3.63, 3.8) is 0 Å². The van der Waals surface area contributed by atoms with Crippen LogP contribution in [0.4, 0.5) is 0 Å². The Morgan fingerprint density at radius 2 is 2.31 bits per heavy atom. The van der Waals surface area contributed by atoms with E-state index in [4.69, 9.17) is 10.9 Å². The van der Waals surface area contributed by atoms with Crippen molar-refractivity contribution in [3.05, 3.63) is 0 Å². The SMILES string of the molecule is CC1CC1CN(C)CCC(N)=NO. The Morgan fingerprint density at radius 1 is 1.69 bits per heavy atom. The van der Waals surface area contributed by atoms with E-state index in [0.717, 1.165) is 24.9 Å². The molecule has 0 aromatic carbocycles. The molecule has 0 radical (unpaired) electrons. The first-order valence-corrected chi connectivity index (χ1v) is 4.78. The van der Waals surface area contributed by atoms with Crippen molar-refractivity contribution >= 4 is 5.84 Å². The van der Waals surface area contributed by atoms with Crippen LogP contribution >= 0.6 is 0 Å². The van der Waals surface area contributed by atoms with Crippen molar-refractivity contribution in [2.75, 3.05) is 20.1 Å². The molecule has 0 heterocycles. The molecule has 3 N–H and O–H groups in total. The molecule has 1 rings (SSSR count). The molecule has 0 amide bonds. The lowest BCUT2D eigenvalue weighted by molar-refractivity contribution is 0.306. The molecule has 0 aromatic heterocycles. The van der Waals surface area contributed by atoms with E-state index in [1.54, 1.807) is 0 Å². The number of nitrogens with zero attached hydrogens (tertiary/aromatic N) is 2. The highest BCUT2D eigenvalue weighted by atomic mass is 16.4.